The molecule has 1 atom stereocenters. The smallest absolute Gasteiger partial charge is 0.0941 e. The van der Waals surface area contributed by atoms with E-state index in [1.54, 1.807) is 18.4 Å². The van der Waals surface area contributed by atoms with E-state index in [1.165, 1.54) is 12.8 Å². The lowest BCUT2D eigenvalue weighted by molar-refractivity contribution is -0.0781. The number of aromatic nitrogens is 1. The van der Waals surface area contributed by atoms with Crippen molar-refractivity contribution in [3.63, 3.8) is 0 Å². The van der Waals surface area contributed by atoms with Gasteiger partial charge in [-0.1, -0.05) is 13.8 Å². The van der Waals surface area contributed by atoms with E-state index in [-0.39, 0.29) is 11.6 Å². The van der Waals surface area contributed by atoms with E-state index >= 15 is 0 Å². The van der Waals surface area contributed by atoms with Gasteiger partial charge in [0.1, 0.15) is 0 Å². The fraction of sp³-hybridized carbons (Fsp3) is 0.786. The zero-order chi connectivity index (χ0) is 13.2. The molecule has 1 aromatic rings. The van der Waals surface area contributed by atoms with Crippen molar-refractivity contribution in [1.29, 1.82) is 0 Å². The molecule has 1 saturated carbocycles. The standard InChI is InChI=1S/C14H24N2OS/c1-13(2)4-6-14(17-3,7-5-13)11(15)10-12-16-8-9-18-12/h8-9,11H,4-7,10,15H2,1-3H3. The third-order valence-corrected chi connectivity index (χ3v) is 5.21. The lowest BCUT2D eigenvalue weighted by atomic mass is 9.68. The first-order valence-corrected chi connectivity index (χ1v) is 7.55. The maximum atomic E-state index is 6.42. The Morgan fingerprint density at radius 1 is 1.39 bits per heavy atom. The Labute approximate surface area is 114 Å². The minimum absolute atomic E-state index is 0.0461. The van der Waals surface area contributed by atoms with Crippen LogP contribution in [0.3, 0.4) is 0 Å². The number of nitrogens with two attached hydrogens (primary N) is 1. The molecule has 0 saturated heterocycles. The van der Waals surface area contributed by atoms with Crippen molar-refractivity contribution in [2.45, 2.75) is 57.6 Å². The van der Waals surface area contributed by atoms with Gasteiger partial charge in [-0.3, -0.25) is 0 Å². The quantitative estimate of drug-likeness (QED) is 0.913. The van der Waals surface area contributed by atoms with E-state index in [1.807, 2.05) is 11.6 Å². The largest absolute Gasteiger partial charge is 0.377 e. The number of thiazole rings is 1. The molecule has 1 aliphatic rings. The average Bonchev–Trinajstić information content (AvgIpc) is 2.82. The summed E-state index contributed by atoms with van der Waals surface area (Å²) in [4.78, 5) is 4.33. The summed E-state index contributed by atoms with van der Waals surface area (Å²) >= 11 is 1.68. The van der Waals surface area contributed by atoms with Gasteiger partial charge in [-0.05, 0) is 31.1 Å². The summed E-state index contributed by atoms with van der Waals surface area (Å²) in [7, 11) is 1.81. The van der Waals surface area contributed by atoms with Crippen molar-refractivity contribution in [3.8, 4) is 0 Å². The first-order valence-electron chi connectivity index (χ1n) is 6.67. The molecule has 0 aromatic carbocycles. The Kier molecular flexibility index (Phi) is 4.09. The van der Waals surface area contributed by atoms with Gasteiger partial charge in [0.05, 0.1) is 10.6 Å². The van der Waals surface area contributed by atoms with Crippen LogP contribution in [0.2, 0.25) is 0 Å². The van der Waals surface area contributed by atoms with Crippen LogP contribution in [0.4, 0.5) is 0 Å². The summed E-state index contributed by atoms with van der Waals surface area (Å²) in [5.41, 5.74) is 6.70. The van der Waals surface area contributed by atoms with Crippen LogP contribution in [-0.4, -0.2) is 23.7 Å². The van der Waals surface area contributed by atoms with Gasteiger partial charge in [-0.15, -0.1) is 11.3 Å². The van der Waals surface area contributed by atoms with Crippen LogP contribution in [0.25, 0.3) is 0 Å². The molecule has 0 radical (unpaired) electrons. The lowest BCUT2D eigenvalue weighted by Crippen LogP contribution is -2.53. The van der Waals surface area contributed by atoms with Gasteiger partial charge in [0.15, 0.2) is 0 Å². The van der Waals surface area contributed by atoms with Gasteiger partial charge in [0, 0.05) is 31.1 Å². The van der Waals surface area contributed by atoms with Gasteiger partial charge in [0.25, 0.3) is 0 Å². The topological polar surface area (TPSA) is 48.1 Å². The maximum Gasteiger partial charge on any atom is 0.0941 e. The fourth-order valence-electron chi connectivity index (χ4n) is 2.80. The highest BCUT2D eigenvalue weighted by molar-refractivity contribution is 7.09. The van der Waals surface area contributed by atoms with Crippen molar-refractivity contribution in [2.24, 2.45) is 11.1 Å². The molecule has 18 heavy (non-hydrogen) atoms. The molecule has 0 aliphatic heterocycles. The fourth-order valence-corrected chi connectivity index (χ4v) is 3.48. The minimum Gasteiger partial charge on any atom is -0.377 e. The molecule has 2 N–H and O–H groups in total. The molecule has 1 aromatic heterocycles. The molecule has 3 nitrogen and oxygen atoms in total. The Morgan fingerprint density at radius 2 is 2.06 bits per heavy atom. The van der Waals surface area contributed by atoms with Crippen LogP contribution in [0, 0.1) is 5.41 Å². The third kappa shape index (κ3) is 2.92. The van der Waals surface area contributed by atoms with Gasteiger partial charge in [-0.2, -0.15) is 0 Å². The average molecular weight is 268 g/mol. The maximum absolute atomic E-state index is 6.42. The summed E-state index contributed by atoms with van der Waals surface area (Å²) in [5.74, 6) is 0. The summed E-state index contributed by atoms with van der Waals surface area (Å²) in [5, 5.41) is 3.12. The van der Waals surface area contributed by atoms with E-state index in [0.29, 0.717) is 5.41 Å². The van der Waals surface area contributed by atoms with E-state index in [9.17, 15) is 0 Å². The van der Waals surface area contributed by atoms with Crippen molar-refractivity contribution in [2.75, 3.05) is 7.11 Å². The van der Waals surface area contributed by atoms with Gasteiger partial charge in [-0.25, -0.2) is 4.98 Å². The highest BCUT2D eigenvalue weighted by atomic mass is 32.1. The molecular formula is C14H24N2OS. The van der Waals surface area contributed by atoms with Crippen LogP contribution in [-0.2, 0) is 11.2 Å². The second kappa shape index (κ2) is 5.27. The van der Waals surface area contributed by atoms with Crippen LogP contribution in [0.1, 0.15) is 44.5 Å². The molecule has 4 heteroatoms. The Morgan fingerprint density at radius 3 is 2.56 bits per heavy atom. The minimum atomic E-state index is -0.152. The Bertz CT molecular complexity index is 365. The Hall–Kier alpha value is -0.450. The highest BCUT2D eigenvalue weighted by Gasteiger charge is 2.42. The molecule has 102 valence electrons. The van der Waals surface area contributed by atoms with E-state index in [4.69, 9.17) is 10.5 Å². The lowest BCUT2D eigenvalue weighted by Gasteiger charge is -2.45. The monoisotopic (exact) mass is 268 g/mol. The number of nitrogens with zero attached hydrogens (tertiary/aromatic N) is 1. The summed E-state index contributed by atoms with van der Waals surface area (Å²) < 4.78 is 5.83. The number of rotatable bonds is 4. The molecule has 1 heterocycles. The third-order valence-electron chi connectivity index (χ3n) is 4.41. The zero-order valence-electron chi connectivity index (χ0n) is 11.6. The normalized spacial score (nSPS) is 23.8. The van der Waals surface area contributed by atoms with E-state index in [0.717, 1.165) is 24.3 Å². The van der Waals surface area contributed by atoms with Crippen molar-refractivity contribution < 1.29 is 4.74 Å². The van der Waals surface area contributed by atoms with E-state index in [2.05, 4.69) is 18.8 Å². The number of ether oxygens (including phenoxy) is 1. The first kappa shape index (κ1) is 14.0. The van der Waals surface area contributed by atoms with Crippen molar-refractivity contribution >= 4 is 11.3 Å². The van der Waals surface area contributed by atoms with Crippen molar-refractivity contribution in [3.05, 3.63) is 16.6 Å². The highest BCUT2D eigenvalue weighted by Crippen LogP contribution is 2.43. The molecule has 1 fully saturated rings. The predicted molar refractivity (Wildman–Crippen MR) is 75.8 cm³/mol. The first-order chi connectivity index (χ1) is 8.47. The molecule has 1 unspecified atom stereocenters. The zero-order valence-corrected chi connectivity index (χ0v) is 12.4. The molecule has 0 bridgehead atoms. The molecular weight excluding hydrogens is 244 g/mol. The summed E-state index contributed by atoms with van der Waals surface area (Å²) in [6, 6.07) is 0.0461. The number of methoxy groups -OCH3 is 1. The molecule has 1 aliphatic carbocycles. The second-order valence-corrected chi connectivity index (χ2v) is 7.15. The van der Waals surface area contributed by atoms with E-state index < -0.39 is 0 Å². The molecule has 2 rings (SSSR count). The Balaban J connectivity index is 2.03. The van der Waals surface area contributed by atoms with Gasteiger partial charge >= 0.3 is 0 Å². The SMILES string of the molecule is COC1(C(N)Cc2nccs2)CCC(C)(C)CC1. The summed E-state index contributed by atoms with van der Waals surface area (Å²) in [6.45, 7) is 4.66. The van der Waals surface area contributed by atoms with Crippen molar-refractivity contribution in [1.82, 2.24) is 4.98 Å². The number of hydrogen-bond acceptors (Lipinski definition) is 4. The predicted octanol–water partition coefficient (Wildman–Crippen LogP) is 3.00. The second-order valence-electron chi connectivity index (χ2n) is 6.17. The molecule has 0 amide bonds. The van der Waals surface area contributed by atoms with Crippen LogP contribution < -0.4 is 5.73 Å². The van der Waals surface area contributed by atoms with Gasteiger partial charge < -0.3 is 10.5 Å². The van der Waals surface area contributed by atoms with Crippen LogP contribution in [0.15, 0.2) is 11.6 Å². The summed E-state index contributed by atoms with van der Waals surface area (Å²) in [6.07, 6.45) is 7.16. The van der Waals surface area contributed by atoms with Gasteiger partial charge in [0.2, 0.25) is 0 Å². The van der Waals surface area contributed by atoms with Crippen LogP contribution >= 0.6 is 11.3 Å². The van der Waals surface area contributed by atoms with Crippen LogP contribution in [0.5, 0.6) is 0 Å². The number of hydrogen-bond donors (Lipinski definition) is 1. The molecule has 0 spiro atoms.